The molecular formula is C18H24N2O. The Morgan fingerprint density at radius 2 is 2.10 bits per heavy atom. The number of carbonyl (C=O) groups excluding carboxylic acids is 1. The number of carbonyl (C=O) groups is 1. The van der Waals surface area contributed by atoms with E-state index in [1.807, 2.05) is 24.4 Å². The minimum Gasteiger partial charge on any atom is -0.361 e. The molecule has 0 radical (unpaired) electrons. The molecule has 0 bridgehead atoms. The molecule has 0 unspecified atom stereocenters. The number of H-pyrrole nitrogens is 1. The third-order valence-corrected chi connectivity index (χ3v) is 5.08. The molecule has 1 heterocycles. The van der Waals surface area contributed by atoms with E-state index < -0.39 is 0 Å². The maximum absolute atomic E-state index is 12.3. The zero-order valence-corrected chi connectivity index (χ0v) is 12.9. The van der Waals surface area contributed by atoms with E-state index in [9.17, 15) is 4.79 Å². The predicted molar refractivity (Wildman–Crippen MR) is 86.1 cm³/mol. The molecule has 3 rings (SSSR count). The van der Waals surface area contributed by atoms with Crippen LogP contribution in [0.5, 0.6) is 0 Å². The van der Waals surface area contributed by atoms with Gasteiger partial charge in [-0.2, -0.15) is 0 Å². The summed E-state index contributed by atoms with van der Waals surface area (Å²) in [6, 6.07) is 8.48. The second kappa shape index (κ2) is 5.92. The first-order valence-corrected chi connectivity index (χ1v) is 7.99. The quantitative estimate of drug-likeness (QED) is 0.888. The summed E-state index contributed by atoms with van der Waals surface area (Å²) in [5.41, 5.74) is 2.18. The Labute approximate surface area is 126 Å². The maximum Gasteiger partial charge on any atom is 0.224 e. The molecule has 112 valence electrons. The van der Waals surface area contributed by atoms with Crippen molar-refractivity contribution in [1.29, 1.82) is 0 Å². The number of hydrogen-bond donors (Lipinski definition) is 2. The Morgan fingerprint density at radius 1 is 1.29 bits per heavy atom. The summed E-state index contributed by atoms with van der Waals surface area (Å²) < 4.78 is 0. The summed E-state index contributed by atoms with van der Waals surface area (Å²) in [5, 5.41) is 4.40. The van der Waals surface area contributed by atoms with E-state index >= 15 is 0 Å². The van der Waals surface area contributed by atoms with Gasteiger partial charge >= 0.3 is 0 Å². The van der Waals surface area contributed by atoms with Gasteiger partial charge < -0.3 is 10.3 Å². The summed E-state index contributed by atoms with van der Waals surface area (Å²) in [4.78, 5) is 15.6. The first-order chi connectivity index (χ1) is 10.1. The molecule has 1 fully saturated rings. The zero-order valence-electron chi connectivity index (χ0n) is 12.9. The van der Waals surface area contributed by atoms with Gasteiger partial charge in [0.1, 0.15) is 0 Å². The van der Waals surface area contributed by atoms with Crippen molar-refractivity contribution in [1.82, 2.24) is 10.3 Å². The van der Waals surface area contributed by atoms with Crippen LogP contribution < -0.4 is 5.32 Å². The predicted octanol–water partition coefficient (Wildman–Crippen LogP) is 3.65. The number of hydrogen-bond acceptors (Lipinski definition) is 1. The molecule has 0 spiro atoms. The average molecular weight is 284 g/mol. The number of para-hydroxylation sites is 1. The van der Waals surface area contributed by atoms with Crippen molar-refractivity contribution < 1.29 is 4.79 Å². The van der Waals surface area contributed by atoms with Crippen molar-refractivity contribution in [2.24, 2.45) is 11.8 Å². The highest BCUT2D eigenvalue weighted by atomic mass is 16.1. The lowest BCUT2D eigenvalue weighted by Crippen LogP contribution is -2.44. The molecule has 1 amide bonds. The van der Waals surface area contributed by atoms with Crippen molar-refractivity contribution in [3.05, 3.63) is 36.0 Å². The van der Waals surface area contributed by atoms with Crippen LogP contribution in [0.3, 0.4) is 0 Å². The van der Waals surface area contributed by atoms with Crippen LogP contribution in [0.15, 0.2) is 30.5 Å². The minimum atomic E-state index is 0.144. The molecular weight excluding hydrogens is 260 g/mol. The van der Waals surface area contributed by atoms with Crippen LogP contribution in [0, 0.1) is 11.8 Å². The fourth-order valence-electron chi connectivity index (χ4n) is 3.49. The fraction of sp³-hybridized carbons (Fsp3) is 0.500. The van der Waals surface area contributed by atoms with E-state index in [0.29, 0.717) is 24.3 Å². The van der Waals surface area contributed by atoms with Gasteiger partial charge in [0.25, 0.3) is 0 Å². The van der Waals surface area contributed by atoms with Gasteiger partial charge in [0.15, 0.2) is 0 Å². The molecule has 0 aliphatic heterocycles. The molecule has 3 nitrogen and oxygen atoms in total. The molecule has 2 aromatic rings. The number of rotatable bonds is 3. The largest absolute Gasteiger partial charge is 0.361 e. The highest BCUT2D eigenvalue weighted by molar-refractivity contribution is 5.88. The van der Waals surface area contributed by atoms with E-state index in [1.54, 1.807) is 0 Å². The Kier molecular flexibility index (Phi) is 4.00. The third kappa shape index (κ3) is 2.97. The van der Waals surface area contributed by atoms with Crippen molar-refractivity contribution >= 4 is 16.8 Å². The lowest BCUT2D eigenvalue weighted by molar-refractivity contribution is -0.121. The number of fused-ring (bicyclic) bond motifs is 1. The zero-order chi connectivity index (χ0) is 14.8. The molecule has 1 saturated carbocycles. The Hall–Kier alpha value is -1.77. The summed E-state index contributed by atoms with van der Waals surface area (Å²) in [5.74, 6) is 1.42. The Balaban J connectivity index is 1.66. The van der Waals surface area contributed by atoms with E-state index in [2.05, 4.69) is 30.2 Å². The second-order valence-electron chi connectivity index (χ2n) is 6.48. The van der Waals surface area contributed by atoms with Crippen LogP contribution >= 0.6 is 0 Å². The summed E-state index contributed by atoms with van der Waals surface area (Å²) in [7, 11) is 0. The second-order valence-corrected chi connectivity index (χ2v) is 6.48. The molecule has 3 atom stereocenters. The molecule has 1 aliphatic carbocycles. The van der Waals surface area contributed by atoms with E-state index in [0.717, 1.165) is 22.9 Å². The number of nitrogens with one attached hydrogen (secondary N) is 2. The van der Waals surface area contributed by atoms with Gasteiger partial charge in [0.2, 0.25) is 5.91 Å². The van der Waals surface area contributed by atoms with Crippen LogP contribution in [-0.2, 0) is 11.2 Å². The van der Waals surface area contributed by atoms with E-state index in [4.69, 9.17) is 0 Å². The Morgan fingerprint density at radius 3 is 2.95 bits per heavy atom. The fourth-order valence-corrected chi connectivity index (χ4v) is 3.49. The van der Waals surface area contributed by atoms with E-state index in [-0.39, 0.29) is 5.91 Å². The van der Waals surface area contributed by atoms with Crippen LogP contribution in [-0.4, -0.2) is 16.9 Å². The molecule has 1 aromatic carbocycles. The van der Waals surface area contributed by atoms with E-state index in [1.165, 1.54) is 12.8 Å². The monoisotopic (exact) mass is 284 g/mol. The van der Waals surface area contributed by atoms with Gasteiger partial charge in [-0.1, -0.05) is 44.9 Å². The molecule has 0 saturated heterocycles. The van der Waals surface area contributed by atoms with Crippen LogP contribution in [0.1, 0.15) is 38.7 Å². The molecule has 1 aliphatic rings. The number of amides is 1. The topological polar surface area (TPSA) is 44.9 Å². The first kappa shape index (κ1) is 14.2. The lowest BCUT2D eigenvalue weighted by atomic mass is 9.78. The van der Waals surface area contributed by atoms with Crippen molar-refractivity contribution in [3.8, 4) is 0 Å². The van der Waals surface area contributed by atoms with Crippen molar-refractivity contribution in [2.75, 3.05) is 0 Å². The molecule has 1 aromatic heterocycles. The highest BCUT2D eigenvalue weighted by Gasteiger charge is 2.28. The lowest BCUT2D eigenvalue weighted by Gasteiger charge is -2.34. The molecule has 3 heteroatoms. The van der Waals surface area contributed by atoms with Gasteiger partial charge in [0, 0.05) is 23.1 Å². The van der Waals surface area contributed by atoms with Gasteiger partial charge in [-0.25, -0.2) is 0 Å². The maximum atomic E-state index is 12.3. The standard InChI is InChI=1S/C18H24N2O/c1-12-6-5-9-16(13(12)2)20-18(21)10-14-11-19-17-8-4-3-7-15(14)17/h3-4,7-8,11-13,16,19H,5-6,9-10H2,1-2H3,(H,20,21)/t12-,13+,16-/m1/s1. The third-order valence-electron chi connectivity index (χ3n) is 5.08. The summed E-state index contributed by atoms with van der Waals surface area (Å²) in [6.07, 6.45) is 6.05. The highest BCUT2D eigenvalue weighted by Crippen LogP contribution is 2.29. The van der Waals surface area contributed by atoms with Crippen molar-refractivity contribution in [2.45, 2.75) is 45.6 Å². The minimum absolute atomic E-state index is 0.144. The van der Waals surface area contributed by atoms with Gasteiger partial charge in [-0.05, 0) is 29.9 Å². The normalized spacial score (nSPS) is 25.9. The Bertz CT molecular complexity index is 631. The van der Waals surface area contributed by atoms with Crippen LogP contribution in [0.4, 0.5) is 0 Å². The van der Waals surface area contributed by atoms with Crippen LogP contribution in [0.25, 0.3) is 10.9 Å². The first-order valence-electron chi connectivity index (χ1n) is 7.99. The average Bonchev–Trinajstić information content (AvgIpc) is 2.87. The van der Waals surface area contributed by atoms with Crippen molar-refractivity contribution in [3.63, 3.8) is 0 Å². The molecule has 2 N–H and O–H groups in total. The van der Waals surface area contributed by atoms with Gasteiger partial charge in [0.05, 0.1) is 6.42 Å². The smallest absolute Gasteiger partial charge is 0.224 e. The number of aromatic nitrogens is 1. The number of aromatic amines is 1. The SMILES string of the molecule is C[C@H]1[C@H](C)CCC[C@H]1NC(=O)Cc1c[nH]c2ccccc12. The molecule has 21 heavy (non-hydrogen) atoms. The van der Waals surface area contributed by atoms with Crippen LogP contribution in [0.2, 0.25) is 0 Å². The summed E-state index contributed by atoms with van der Waals surface area (Å²) >= 11 is 0. The van der Waals surface area contributed by atoms with Gasteiger partial charge in [-0.3, -0.25) is 4.79 Å². The summed E-state index contributed by atoms with van der Waals surface area (Å²) in [6.45, 7) is 4.56. The number of benzene rings is 1. The van der Waals surface area contributed by atoms with Gasteiger partial charge in [-0.15, -0.1) is 0 Å².